The van der Waals surface area contributed by atoms with Gasteiger partial charge in [-0.3, -0.25) is 4.79 Å². The molecule has 0 aliphatic carbocycles. The minimum atomic E-state index is -3.58. The summed E-state index contributed by atoms with van der Waals surface area (Å²) in [5.41, 5.74) is 3.81. The highest BCUT2D eigenvalue weighted by Crippen LogP contribution is 2.27. The van der Waals surface area contributed by atoms with Gasteiger partial charge in [0.2, 0.25) is 10.0 Å². The maximum Gasteiger partial charge on any atom is 0.255 e. The molecule has 2 heterocycles. The number of aromatic amines is 1. The van der Waals surface area contributed by atoms with Crippen molar-refractivity contribution in [3.05, 3.63) is 78.4 Å². The number of fused-ring (bicyclic) bond motifs is 1. The number of hydrogen-bond acceptors (Lipinski definition) is 4. The molecule has 0 radical (unpaired) electrons. The number of H-pyrrole nitrogens is 1. The molecule has 2 atom stereocenters. The van der Waals surface area contributed by atoms with Crippen LogP contribution in [-0.2, 0) is 10.0 Å². The molecule has 1 amide bonds. The van der Waals surface area contributed by atoms with Crippen molar-refractivity contribution in [2.45, 2.75) is 25.2 Å². The van der Waals surface area contributed by atoms with E-state index in [-0.39, 0.29) is 10.8 Å². The summed E-state index contributed by atoms with van der Waals surface area (Å²) in [7, 11) is -3.58. The van der Waals surface area contributed by atoms with Crippen LogP contribution in [0.1, 0.15) is 30.6 Å². The third-order valence-electron chi connectivity index (χ3n) is 6.40. The number of nitrogens with zero attached hydrogens (tertiary/aromatic N) is 2. The monoisotopic (exact) mass is 488 g/mol. The molecular weight excluding hydrogens is 460 g/mol. The molecule has 1 aliphatic heterocycles. The number of aromatic nitrogens is 2. The summed E-state index contributed by atoms with van der Waals surface area (Å²) in [5, 5.41) is 2.87. The maximum atomic E-state index is 13.1. The van der Waals surface area contributed by atoms with E-state index in [1.165, 1.54) is 12.1 Å². The molecule has 0 saturated carbocycles. The van der Waals surface area contributed by atoms with Crippen LogP contribution in [0.4, 0.5) is 5.69 Å². The summed E-state index contributed by atoms with van der Waals surface area (Å²) in [6.45, 7) is 5.21. The molecule has 3 aromatic carbocycles. The molecule has 8 heteroatoms. The van der Waals surface area contributed by atoms with E-state index >= 15 is 0 Å². The summed E-state index contributed by atoms with van der Waals surface area (Å²) in [5.74, 6) is 1.12. The standard InChI is InChI=1S/C27H28N4O3S/c1-18-15-19(2)17-31(16-18)35(33,34)23-13-9-21(10-14-23)27(32)28-22-11-7-20(8-12-22)26-29-24-5-3-4-6-25(24)30-26/h3-14,18-19H,15-17H2,1-2H3,(H,28,32)(H,29,30)/t18-,19-/m0/s1. The Kier molecular flexibility index (Phi) is 6.17. The number of nitrogens with one attached hydrogen (secondary N) is 2. The van der Waals surface area contributed by atoms with Crippen molar-refractivity contribution < 1.29 is 13.2 Å². The molecule has 1 saturated heterocycles. The van der Waals surface area contributed by atoms with Gasteiger partial charge in [-0.25, -0.2) is 13.4 Å². The number of para-hydroxylation sites is 2. The van der Waals surface area contributed by atoms with E-state index in [0.717, 1.165) is 28.8 Å². The van der Waals surface area contributed by atoms with Crippen molar-refractivity contribution in [3.63, 3.8) is 0 Å². The number of benzene rings is 3. The van der Waals surface area contributed by atoms with Crippen molar-refractivity contribution in [3.8, 4) is 11.4 Å². The normalized spacial score (nSPS) is 19.0. The fraction of sp³-hybridized carbons (Fsp3) is 0.259. The molecule has 1 aromatic heterocycles. The van der Waals surface area contributed by atoms with Crippen molar-refractivity contribution in [1.29, 1.82) is 0 Å². The van der Waals surface area contributed by atoms with Gasteiger partial charge in [0.1, 0.15) is 5.82 Å². The minimum Gasteiger partial charge on any atom is -0.338 e. The number of rotatable bonds is 5. The van der Waals surface area contributed by atoms with Gasteiger partial charge in [-0.05, 0) is 78.9 Å². The number of amides is 1. The van der Waals surface area contributed by atoms with E-state index in [2.05, 4.69) is 29.1 Å². The van der Waals surface area contributed by atoms with Gasteiger partial charge >= 0.3 is 0 Å². The topological polar surface area (TPSA) is 95.2 Å². The Labute approximate surface area is 205 Å². The molecule has 180 valence electrons. The Balaban J connectivity index is 1.27. The molecule has 2 N–H and O–H groups in total. The number of hydrogen-bond donors (Lipinski definition) is 2. The highest BCUT2D eigenvalue weighted by molar-refractivity contribution is 7.89. The van der Waals surface area contributed by atoms with Crippen LogP contribution in [-0.4, -0.2) is 41.7 Å². The molecule has 35 heavy (non-hydrogen) atoms. The highest BCUT2D eigenvalue weighted by atomic mass is 32.2. The van der Waals surface area contributed by atoms with Crippen LogP contribution in [0, 0.1) is 11.8 Å². The average Bonchev–Trinajstić information content (AvgIpc) is 3.28. The lowest BCUT2D eigenvalue weighted by molar-refractivity contribution is 0.102. The molecule has 0 spiro atoms. The first-order valence-electron chi connectivity index (χ1n) is 11.8. The third kappa shape index (κ3) is 4.85. The number of imidazole rings is 1. The molecule has 0 unspecified atom stereocenters. The summed E-state index contributed by atoms with van der Waals surface area (Å²) in [6, 6.07) is 21.4. The average molecular weight is 489 g/mol. The van der Waals surface area contributed by atoms with Crippen molar-refractivity contribution in [2.75, 3.05) is 18.4 Å². The molecular formula is C27H28N4O3S. The fourth-order valence-electron chi connectivity index (χ4n) is 4.73. The number of piperidine rings is 1. The zero-order valence-corrected chi connectivity index (χ0v) is 20.5. The van der Waals surface area contributed by atoms with E-state index in [0.29, 0.717) is 36.2 Å². The quantitative estimate of drug-likeness (QED) is 0.406. The van der Waals surface area contributed by atoms with Gasteiger partial charge < -0.3 is 10.3 Å². The second kappa shape index (κ2) is 9.28. The molecule has 4 aromatic rings. The van der Waals surface area contributed by atoms with Crippen LogP contribution in [0.3, 0.4) is 0 Å². The number of carbonyl (C=O) groups is 1. The van der Waals surface area contributed by atoms with E-state index in [1.807, 2.05) is 48.5 Å². The van der Waals surface area contributed by atoms with Crippen LogP contribution in [0.25, 0.3) is 22.4 Å². The van der Waals surface area contributed by atoms with Crippen molar-refractivity contribution >= 4 is 32.7 Å². The van der Waals surface area contributed by atoms with Crippen LogP contribution in [0.2, 0.25) is 0 Å². The predicted molar refractivity (Wildman–Crippen MR) is 138 cm³/mol. The van der Waals surface area contributed by atoms with Crippen molar-refractivity contribution in [2.24, 2.45) is 11.8 Å². The van der Waals surface area contributed by atoms with E-state index in [1.54, 1.807) is 16.4 Å². The predicted octanol–water partition coefficient (Wildman–Crippen LogP) is 5.15. The summed E-state index contributed by atoms with van der Waals surface area (Å²) in [4.78, 5) is 20.8. The molecule has 1 aliphatic rings. The number of anilines is 1. The third-order valence-corrected chi connectivity index (χ3v) is 8.24. The van der Waals surface area contributed by atoms with E-state index < -0.39 is 10.0 Å². The van der Waals surface area contributed by atoms with Gasteiger partial charge in [0.05, 0.1) is 15.9 Å². The Morgan fingerprint density at radius 2 is 1.60 bits per heavy atom. The lowest BCUT2D eigenvalue weighted by Crippen LogP contribution is -2.42. The molecule has 0 bridgehead atoms. The minimum absolute atomic E-state index is 0.213. The smallest absolute Gasteiger partial charge is 0.255 e. The lowest BCUT2D eigenvalue weighted by atomic mass is 9.94. The Morgan fingerprint density at radius 1 is 0.943 bits per heavy atom. The van der Waals surface area contributed by atoms with Gasteiger partial charge in [-0.15, -0.1) is 0 Å². The van der Waals surface area contributed by atoms with E-state index in [9.17, 15) is 13.2 Å². The van der Waals surface area contributed by atoms with Gasteiger partial charge in [-0.2, -0.15) is 4.31 Å². The van der Waals surface area contributed by atoms with Crippen molar-refractivity contribution in [1.82, 2.24) is 14.3 Å². The second-order valence-electron chi connectivity index (χ2n) is 9.43. The molecule has 7 nitrogen and oxygen atoms in total. The first kappa shape index (κ1) is 23.3. The lowest BCUT2D eigenvalue weighted by Gasteiger charge is -2.34. The molecule has 5 rings (SSSR count). The van der Waals surface area contributed by atoms with Gasteiger partial charge in [0.15, 0.2) is 0 Å². The van der Waals surface area contributed by atoms with Crippen LogP contribution in [0.15, 0.2) is 77.7 Å². The summed E-state index contributed by atoms with van der Waals surface area (Å²) in [6.07, 6.45) is 1.03. The molecule has 1 fully saturated rings. The Bertz CT molecular complexity index is 1420. The van der Waals surface area contributed by atoms with Gasteiger partial charge in [-0.1, -0.05) is 26.0 Å². The largest absolute Gasteiger partial charge is 0.338 e. The summed E-state index contributed by atoms with van der Waals surface area (Å²) >= 11 is 0. The first-order valence-corrected chi connectivity index (χ1v) is 13.2. The summed E-state index contributed by atoms with van der Waals surface area (Å²) < 4.78 is 27.7. The number of carbonyl (C=O) groups excluding carboxylic acids is 1. The maximum absolute atomic E-state index is 13.1. The van der Waals surface area contributed by atoms with Gasteiger partial charge in [0.25, 0.3) is 5.91 Å². The second-order valence-corrected chi connectivity index (χ2v) is 11.4. The van der Waals surface area contributed by atoms with Crippen LogP contribution >= 0.6 is 0 Å². The Hall–Kier alpha value is -3.49. The Morgan fingerprint density at radius 3 is 2.26 bits per heavy atom. The SMILES string of the molecule is C[C@H]1C[C@H](C)CN(S(=O)(=O)c2ccc(C(=O)Nc3ccc(-c4nc5ccccc5[nH]4)cc3)cc2)C1. The number of sulfonamides is 1. The fourth-order valence-corrected chi connectivity index (χ4v) is 6.41. The van der Waals surface area contributed by atoms with Crippen LogP contribution < -0.4 is 5.32 Å². The highest BCUT2D eigenvalue weighted by Gasteiger charge is 2.31. The van der Waals surface area contributed by atoms with Gasteiger partial charge in [0, 0.05) is 29.9 Å². The first-order chi connectivity index (χ1) is 16.8. The van der Waals surface area contributed by atoms with E-state index in [4.69, 9.17) is 0 Å². The van der Waals surface area contributed by atoms with Crippen LogP contribution in [0.5, 0.6) is 0 Å². The zero-order chi connectivity index (χ0) is 24.6. The zero-order valence-electron chi connectivity index (χ0n) is 19.7.